The maximum absolute atomic E-state index is 5.66. The van der Waals surface area contributed by atoms with Crippen LogP contribution < -0.4 is 42.7 Å². The van der Waals surface area contributed by atoms with E-state index in [0.29, 0.717) is 5.92 Å². The number of ether oxygens (including phenoxy) is 1. The number of methoxy groups -OCH3 is 1. The normalized spacial score (nSPS) is 24.6. The Kier molecular flexibility index (Phi) is 6.90. The van der Waals surface area contributed by atoms with Gasteiger partial charge in [-0.3, -0.25) is 0 Å². The van der Waals surface area contributed by atoms with Crippen molar-refractivity contribution in [2.45, 2.75) is 6.92 Å². The Labute approximate surface area is 101 Å². The Morgan fingerprint density at radius 3 is 3.15 bits per heavy atom. The minimum atomic E-state index is 0.00667. The first-order valence-corrected chi connectivity index (χ1v) is 9.32. The van der Waals surface area contributed by atoms with Crippen molar-refractivity contribution in [3.63, 3.8) is 0 Å². The molecule has 0 radical (unpaired) electrons. The molecule has 13 heavy (non-hydrogen) atoms. The van der Waals surface area contributed by atoms with Gasteiger partial charge >= 0.3 is 101 Å². The molecule has 0 aliphatic carbocycles. The van der Waals surface area contributed by atoms with Crippen LogP contribution >= 0.6 is 0 Å². The Balaban J connectivity index is 2.05. The van der Waals surface area contributed by atoms with E-state index in [9.17, 15) is 0 Å². The summed E-state index contributed by atoms with van der Waals surface area (Å²) in [5.41, 5.74) is 0. The van der Waals surface area contributed by atoms with E-state index in [1.165, 1.54) is 0 Å². The van der Waals surface area contributed by atoms with Crippen LogP contribution in [0.4, 0.5) is 0 Å². The summed E-state index contributed by atoms with van der Waals surface area (Å²) in [5, 5.41) is 0. The van der Waals surface area contributed by atoms with Crippen molar-refractivity contribution in [1.82, 2.24) is 3.28 Å². The second kappa shape index (κ2) is 7.38. The zero-order valence-electron chi connectivity index (χ0n) is 7.87. The van der Waals surface area contributed by atoms with Crippen LogP contribution in [0.3, 0.4) is 0 Å². The van der Waals surface area contributed by atoms with Gasteiger partial charge in [0.2, 0.25) is 0 Å². The predicted octanol–water partition coefficient (Wildman–Crippen LogP) is -4.96. The van der Waals surface area contributed by atoms with Crippen LogP contribution in [0, 0.1) is 5.92 Å². The summed E-state index contributed by atoms with van der Waals surface area (Å²) in [7, 11) is 1.75. The van der Waals surface area contributed by atoms with E-state index in [2.05, 4.69) is 20.4 Å². The van der Waals surface area contributed by atoms with Gasteiger partial charge in [0.25, 0.3) is 0 Å². The van der Waals surface area contributed by atoms with Gasteiger partial charge in [-0.15, -0.1) is 0 Å². The Bertz CT molecular complexity index is 166. The van der Waals surface area contributed by atoms with E-state index in [1.807, 2.05) is 0 Å². The Hall–Kier alpha value is 1.08. The third-order valence-corrected chi connectivity index (χ3v) is 5.26. The van der Waals surface area contributed by atoms with Gasteiger partial charge in [0.15, 0.2) is 0 Å². The first-order valence-electron chi connectivity index (χ1n) is 4.06. The predicted molar refractivity (Wildman–Crippen MR) is 42.8 cm³/mol. The van der Waals surface area contributed by atoms with Gasteiger partial charge < -0.3 is 0 Å². The molecule has 80 valence electrons. The van der Waals surface area contributed by atoms with Gasteiger partial charge in [0, 0.05) is 0 Å². The van der Waals surface area contributed by atoms with E-state index in [0.717, 1.165) is 15.8 Å². The molecule has 1 aliphatic heterocycles. The molecule has 0 saturated heterocycles. The zero-order chi connectivity index (χ0) is 9.52. The first-order chi connectivity index (χ1) is 6.33. The molecule has 1 atom stereocenters. The fourth-order valence-electron chi connectivity index (χ4n) is 0.824. The molecular weight excluding hydrogens is 396 g/mol. The van der Waals surface area contributed by atoms with Gasteiger partial charge in [-0.1, -0.05) is 0 Å². The molecule has 0 aromatic rings. The molecular formula is C8H15I2NO2-2. The van der Waals surface area contributed by atoms with Gasteiger partial charge in [-0.05, 0) is 0 Å². The summed E-state index contributed by atoms with van der Waals surface area (Å²) in [5.74, 6) is 0.647. The van der Waals surface area contributed by atoms with E-state index >= 15 is 0 Å². The summed E-state index contributed by atoms with van der Waals surface area (Å²) >= 11 is 0.0973. The molecule has 3 nitrogen and oxygen atoms in total. The van der Waals surface area contributed by atoms with Crippen molar-refractivity contribution in [2.75, 3.05) is 22.9 Å². The second-order valence-corrected chi connectivity index (χ2v) is 7.40. The van der Waals surface area contributed by atoms with Crippen LogP contribution in [-0.2, 0) is 9.57 Å². The number of nitrogens with zero attached hydrogens (tertiary/aromatic N) is 1. The van der Waals surface area contributed by atoms with Gasteiger partial charge in [-0.2, -0.15) is 0 Å². The van der Waals surface area contributed by atoms with Crippen LogP contribution in [-0.4, -0.2) is 26.2 Å². The van der Waals surface area contributed by atoms with E-state index in [1.54, 1.807) is 7.11 Å². The number of alkyl halides is 2. The third kappa shape index (κ3) is 5.50. The third-order valence-electron chi connectivity index (χ3n) is 1.45. The average molecular weight is 411 g/mol. The fourth-order valence-corrected chi connectivity index (χ4v) is 4.91. The van der Waals surface area contributed by atoms with Crippen molar-refractivity contribution in [2.24, 2.45) is 5.92 Å². The van der Waals surface area contributed by atoms with Crippen LogP contribution in [0.5, 0.6) is 0 Å². The molecule has 5 heteroatoms. The number of rotatable bonds is 5. The minimum absolute atomic E-state index is 0.00667. The molecule has 0 bridgehead atoms. The number of hydrogen-bond donors (Lipinski definition) is 0. The monoisotopic (exact) mass is 411 g/mol. The summed E-state index contributed by atoms with van der Waals surface area (Å²) in [6.45, 7) is 3.29. The second-order valence-electron chi connectivity index (χ2n) is 2.72. The number of hydrogen-bond acceptors (Lipinski definition) is 3. The topological polar surface area (TPSA) is 21.7 Å². The standard InChI is InChI=1S/C8H15I2NO2/c1-8-3-4-10-11(5-8)13-7-9-6-12-2/h3-4,8H,5-7H2,1-2H3/q-2/t8-/m1/s1. The van der Waals surface area contributed by atoms with Gasteiger partial charge in [0.05, 0.1) is 0 Å². The van der Waals surface area contributed by atoms with Crippen molar-refractivity contribution in [1.29, 1.82) is 0 Å². The Morgan fingerprint density at radius 2 is 2.46 bits per heavy atom. The molecule has 0 N–H and O–H groups in total. The quantitative estimate of drug-likeness (QED) is 0.196. The van der Waals surface area contributed by atoms with E-state index < -0.39 is 0 Å². The molecule has 0 fully saturated rings. The van der Waals surface area contributed by atoms with Crippen LogP contribution in [0.15, 0.2) is 10.2 Å². The van der Waals surface area contributed by atoms with Crippen molar-refractivity contribution in [3.8, 4) is 0 Å². The first kappa shape index (κ1) is 12.2. The van der Waals surface area contributed by atoms with Crippen LogP contribution in [0.1, 0.15) is 6.92 Å². The van der Waals surface area contributed by atoms with Crippen molar-refractivity contribution < 1.29 is 52.3 Å². The summed E-state index contributed by atoms with van der Waals surface area (Å²) in [6, 6.07) is 0. The SMILES string of the molecule is COC[I-]CON1C[C@H](C)C=C[I-]1. The molecule has 0 spiro atoms. The summed E-state index contributed by atoms with van der Waals surface area (Å²) in [4.78, 5) is 5.66. The maximum atomic E-state index is 5.66. The molecule has 0 amide bonds. The van der Waals surface area contributed by atoms with E-state index in [-0.39, 0.29) is 42.7 Å². The Morgan fingerprint density at radius 1 is 1.62 bits per heavy atom. The molecule has 0 aromatic carbocycles. The molecule has 1 rings (SSSR count). The number of hydroxylamine groups is 1. The molecule has 0 unspecified atom stereocenters. The fraction of sp³-hybridized carbons (Fsp3) is 0.750. The van der Waals surface area contributed by atoms with Crippen LogP contribution in [0.25, 0.3) is 0 Å². The number of halogens is 2. The van der Waals surface area contributed by atoms with Gasteiger partial charge in [0.1, 0.15) is 0 Å². The van der Waals surface area contributed by atoms with Crippen molar-refractivity contribution >= 4 is 0 Å². The zero-order valence-corrected chi connectivity index (χ0v) is 12.2. The summed E-state index contributed by atoms with van der Waals surface area (Å²) in [6.07, 6.45) is 2.29. The van der Waals surface area contributed by atoms with Crippen molar-refractivity contribution in [3.05, 3.63) is 10.2 Å². The molecule has 0 saturated carbocycles. The van der Waals surface area contributed by atoms with E-state index in [4.69, 9.17) is 9.57 Å². The molecule has 0 aromatic heterocycles. The van der Waals surface area contributed by atoms with Crippen LogP contribution in [0.2, 0.25) is 0 Å². The molecule has 1 aliphatic rings. The molecule has 1 heterocycles. The van der Waals surface area contributed by atoms with Gasteiger partial charge in [-0.25, -0.2) is 0 Å². The summed E-state index contributed by atoms with van der Waals surface area (Å²) < 4.78 is 11.2. The average Bonchev–Trinajstić information content (AvgIpc) is 2.13.